The summed E-state index contributed by atoms with van der Waals surface area (Å²) < 4.78 is 12.2. The predicted octanol–water partition coefficient (Wildman–Crippen LogP) is 2.65. The van der Waals surface area contributed by atoms with Gasteiger partial charge < -0.3 is 24.4 Å². The Morgan fingerprint density at radius 1 is 1.13 bits per heavy atom. The molecule has 0 aliphatic carbocycles. The molecule has 8 nitrogen and oxygen atoms in total. The largest absolute Gasteiger partial charge is 0.465 e. The summed E-state index contributed by atoms with van der Waals surface area (Å²) in [5.74, 6) is -2.80. The molecule has 2 fully saturated rings. The van der Waals surface area contributed by atoms with Crippen LogP contribution in [-0.4, -0.2) is 82.3 Å². The minimum absolute atomic E-state index is 0.0338. The van der Waals surface area contributed by atoms with E-state index in [9.17, 15) is 19.5 Å². The minimum Gasteiger partial charge on any atom is -0.465 e. The molecular formula is C30H38N2O6. The van der Waals surface area contributed by atoms with Crippen LogP contribution in [-0.2, 0) is 30.3 Å². The smallest absolute Gasteiger partial charge is 0.312 e. The Balaban J connectivity index is 1.61. The van der Waals surface area contributed by atoms with Crippen molar-refractivity contribution in [3.8, 4) is 0 Å². The number of fused-ring (bicyclic) bond motifs is 2. The van der Waals surface area contributed by atoms with E-state index < -0.39 is 41.6 Å². The quantitative estimate of drug-likeness (QED) is 0.437. The number of nitrogens with zero attached hydrogens (tertiary/aromatic N) is 2. The van der Waals surface area contributed by atoms with Crippen LogP contribution in [0.4, 0.5) is 0 Å². The summed E-state index contributed by atoms with van der Waals surface area (Å²) >= 11 is 0. The van der Waals surface area contributed by atoms with Crippen molar-refractivity contribution in [2.75, 3.05) is 19.8 Å². The van der Waals surface area contributed by atoms with E-state index in [4.69, 9.17) is 9.47 Å². The van der Waals surface area contributed by atoms with Crippen LogP contribution in [0.15, 0.2) is 54.6 Å². The van der Waals surface area contributed by atoms with E-state index in [1.165, 1.54) is 4.90 Å². The number of aliphatic hydroxyl groups excluding tert-OH is 1. The van der Waals surface area contributed by atoms with Crippen molar-refractivity contribution >= 4 is 17.8 Å². The van der Waals surface area contributed by atoms with Gasteiger partial charge >= 0.3 is 5.97 Å². The number of hydrogen-bond acceptors (Lipinski definition) is 6. The summed E-state index contributed by atoms with van der Waals surface area (Å²) in [5.41, 5.74) is -0.376. The zero-order valence-electron chi connectivity index (χ0n) is 22.2. The van der Waals surface area contributed by atoms with E-state index in [-0.39, 0.29) is 31.1 Å². The Morgan fingerprint density at radius 2 is 1.92 bits per heavy atom. The summed E-state index contributed by atoms with van der Waals surface area (Å²) in [6.45, 7) is 4.45. The molecule has 0 aromatic heterocycles. The maximum atomic E-state index is 14.4. The first-order valence-corrected chi connectivity index (χ1v) is 13.9. The van der Waals surface area contributed by atoms with Gasteiger partial charge in [0.25, 0.3) is 0 Å². The van der Waals surface area contributed by atoms with E-state index in [0.29, 0.717) is 19.4 Å². The average Bonchev–Trinajstić information content (AvgIpc) is 3.33. The Labute approximate surface area is 224 Å². The van der Waals surface area contributed by atoms with Crippen LogP contribution >= 0.6 is 0 Å². The van der Waals surface area contributed by atoms with Gasteiger partial charge in [-0.15, -0.1) is 0 Å². The number of ether oxygens (including phenoxy) is 2. The lowest BCUT2D eigenvalue weighted by Gasteiger charge is -2.40. The van der Waals surface area contributed by atoms with Crippen LogP contribution in [0.5, 0.6) is 0 Å². The van der Waals surface area contributed by atoms with Crippen LogP contribution in [0.2, 0.25) is 0 Å². The van der Waals surface area contributed by atoms with Gasteiger partial charge in [-0.2, -0.15) is 0 Å². The number of carbonyl (C=O) groups is 3. The highest BCUT2D eigenvalue weighted by Gasteiger charge is 2.72. The number of amides is 2. The lowest BCUT2D eigenvalue weighted by Crippen LogP contribution is -2.59. The maximum Gasteiger partial charge on any atom is 0.312 e. The first-order valence-electron chi connectivity index (χ1n) is 13.9. The Bertz CT molecular complexity index is 1100. The van der Waals surface area contributed by atoms with Crippen molar-refractivity contribution in [2.45, 2.75) is 75.8 Å². The lowest BCUT2D eigenvalue weighted by molar-refractivity contribution is -0.156. The Kier molecular flexibility index (Phi) is 7.73. The number of rotatable bonds is 7. The molecule has 4 heterocycles. The van der Waals surface area contributed by atoms with Crippen LogP contribution in [0, 0.1) is 11.8 Å². The van der Waals surface area contributed by atoms with Gasteiger partial charge in [-0.3, -0.25) is 14.4 Å². The van der Waals surface area contributed by atoms with Gasteiger partial charge in [-0.25, -0.2) is 0 Å². The zero-order valence-corrected chi connectivity index (χ0v) is 22.2. The fraction of sp³-hybridized carbons (Fsp3) is 0.567. The second kappa shape index (κ2) is 11.0. The molecule has 2 unspecified atom stereocenters. The van der Waals surface area contributed by atoms with Crippen molar-refractivity contribution in [1.82, 2.24) is 9.80 Å². The van der Waals surface area contributed by atoms with Gasteiger partial charge in [0.2, 0.25) is 11.8 Å². The van der Waals surface area contributed by atoms with E-state index in [0.717, 1.165) is 24.8 Å². The van der Waals surface area contributed by atoms with Gasteiger partial charge in [0, 0.05) is 12.6 Å². The van der Waals surface area contributed by atoms with Gasteiger partial charge in [-0.05, 0) is 38.2 Å². The number of aliphatic hydroxyl groups is 1. The van der Waals surface area contributed by atoms with Crippen LogP contribution < -0.4 is 0 Å². The van der Waals surface area contributed by atoms with Crippen molar-refractivity contribution in [3.05, 3.63) is 60.2 Å². The first kappa shape index (κ1) is 26.6. The van der Waals surface area contributed by atoms with Crippen LogP contribution in [0.3, 0.4) is 0 Å². The number of cyclic esters (lactones) is 1. The lowest BCUT2D eigenvalue weighted by atomic mass is 9.78. The van der Waals surface area contributed by atoms with Crippen LogP contribution in [0.1, 0.15) is 45.1 Å². The molecule has 204 valence electrons. The maximum absolute atomic E-state index is 14.4. The molecule has 4 aliphatic rings. The SMILES string of the molecule is CCCC(C)N1CC=C[C@]23O[C@H]4/C=C\CCCOC(=O)[C@H]4[C@H]2C(=O)N([C@@H](CO)Cc2ccccc2)C3C1=O. The van der Waals surface area contributed by atoms with E-state index in [1.807, 2.05) is 66.5 Å². The number of allylic oxidation sites excluding steroid dienone is 1. The van der Waals surface area contributed by atoms with Crippen molar-refractivity contribution in [2.24, 2.45) is 11.8 Å². The third-order valence-corrected chi connectivity index (χ3v) is 8.48. The van der Waals surface area contributed by atoms with Gasteiger partial charge in [-0.1, -0.05) is 68.0 Å². The molecule has 7 atom stereocenters. The molecule has 0 bridgehead atoms. The third-order valence-electron chi connectivity index (χ3n) is 8.48. The summed E-state index contributed by atoms with van der Waals surface area (Å²) in [6, 6.07) is 7.94. The standard InChI is InChI=1S/C30H38N2O6/c1-3-11-20(2)31-16-10-15-30-25(24-23(38-30)14-8-5-9-17-37-29(24)36)27(34)32(26(30)28(31)35)22(19-33)18-21-12-6-4-7-13-21/h4,6-8,10,12-15,20,22-26,33H,3,5,9,11,16-19H2,1-2H3/b14-8-/t20?,22-,23+,24-,25+,26?,30+/m1/s1. The highest BCUT2D eigenvalue weighted by molar-refractivity contribution is 5.99. The number of esters is 1. The molecule has 1 aromatic rings. The molecule has 4 aliphatic heterocycles. The van der Waals surface area contributed by atoms with Crippen molar-refractivity contribution in [1.29, 1.82) is 0 Å². The monoisotopic (exact) mass is 522 g/mol. The molecule has 1 spiro atoms. The fourth-order valence-electron chi connectivity index (χ4n) is 6.71. The third kappa shape index (κ3) is 4.47. The summed E-state index contributed by atoms with van der Waals surface area (Å²) in [6.07, 6.45) is 10.5. The molecule has 2 saturated heterocycles. The minimum atomic E-state index is -1.32. The number of carbonyl (C=O) groups excluding carboxylic acids is 3. The van der Waals surface area contributed by atoms with Crippen LogP contribution in [0.25, 0.3) is 0 Å². The normalized spacial score (nSPS) is 33.3. The Hall–Kier alpha value is -2.97. The van der Waals surface area contributed by atoms with Gasteiger partial charge in [0.05, 0.1) is 31.3 Å². The molecule has 8 heteroatoms. The average molecular weight is 523 g/mol. The highest BCUT2D eigenvalue weighted by Crippen LogP contribution is 2.53. The Morgan fingerprint density at radius 3 is 2.66 bits per heavy atom. The van der Waals surface area contributed by atoms with Gasteiger partial charge in [0.15, 0.2) is 0 Å². The van der Waals surface area contributed by atoms with Gasteiger partial charge in [0.1, 0.15) is 17.6 Å². The van der Waals surface area contributed by atoms with Crippen molar-refractivity contribution < 1.29 is 29.0 Å². The highest BCUT2D eigenvalue weighted by atomic mass is 16.6. The number of hydrogen-bond donors (Lipinski definition) is 1. The molecule has 1 N–H and O–H groups in total. The predicted molar refractivity (Wildman–Crippen MR) is 141 cm³/mol. The first-order chi connectivity index (χ1) is 18.4. The zero-order chi connectivity index (χ0) is 26.9. The van der Waals surface area contributed by atoms with E-state index in [1.54, 1.807) is 0 Å². The summed E-state index contributed by atoms with van der Waals surface area (Å²) in [7, 11) is 0. The molecule has 2 amide bonds. The molecule has 0 saturated carbocycles. The number of likely N-dealkylation sites (tertiary alicyclic amines) is 1. The second-order valence-electron chi connectivity index (χ2n) is 10.9. The van der Waals surface area contributed by atoms with E-state index >= 15 is 0 Å². The summed E-state index contributed by atoms with van der Waals surface area (Å²) in [5, 5.41) is 10.6. The fourth-order valence-corrected chi connectivity index (χ4v) is 6.71. The summed E-state index contributed by atoms with van der Waals surface area (Å²) in [4.78, 5) is 45.4. The van der Waals surface area contributed by atoms with E-state index in [2.05, 4.69) is 6.92 Å². The molecule has 5 rings (SSSR count). The molecule has 0 radical (unpaired) electrons. The topological polar surface area (TPSA) is 96.4 Å². The second-order valence-corrected chi connectivity index (χ2v) is 10.9. The van der Waals surface area contributed by atoms with Crippen molar-refractivity contribution in [3.63, 3.8) is 0 Å². The number of benzene rings is 1. The molecule has 38 heavy (non-hydrogen) atoms. The molecular weight excluding hydrogens is 484 g/mol. The molecule has 1 aromatic carbocycles.